The minimum Gasteiger partial charge on any atom is -0.353 e. The normalized spacial score (nSPS) is 15.4. The van der Waals surface area contributed by atoms with E-state index in [0.29, 0.717) is 6.04 Å². The van der Waals surface area contributed by atoms with Crippen molar-refractivity contribution in [2.75, 3.05) is 11.4 Å². The summed E-state index contributed by atoms with van der Waals surface area (Å²) in [4.78, 5) is 11.4. The lowest BCUT2D eigenvalue weighted by atomic mass is 10.0. The van der Waals surface area contributed by atoms with Gasteiger partial charge in [-0.05, 0) is 32.6 Å². The van der Waals surface area contributed by atoms with Gasteiger partial charge in [0.05, 0.1) is 0 Å². The smallest absolute Gasteiger partial charge is 0.135 e. The molecule has 0 fully saturated rings. The molecule has 0 atom stereocenters. The lowest BCUT2D eigenvalue weighted by Crippen LogP contribution is -2.39. The van der Waals surface area contributed by atoms with Crippen molar-refractivity contribution >= 4 is 5.82 Å². The van der Waals surface area contributed by atoms with E-state index in [-0.39, 0.29) is 0 Å². The van der Waals surface area contributed by atoms with E-state index < -0.39 is 0 Å². The van der Waals surface area contributed by atoms with Gasteiger partial charge in [0.1, 0.15) is 11.6 Å². The first-order chi connectivity index (χ1) is 7.76. The van der Waals surface area contributed by atoms with Gasteiger partial charge in [-0.1, -0.05) is 13.8 Å². The topological polar surface area (TPSA) is 29.0 Å². The molecule has 1 aromatic rings. The lowest BCUT2D eigenvalue weighted by Gasteiger charge is -2.36. The van der Waals surface area contributed by atoms with Crippen LogP contribution in [0.3, 0.4) is 0 Å². The van der Waals surface area contributed by atoms with Gasteiger partial charge in [0, 0.05) is 24.3 Å². The van der Waals surface area contributed by atoms with Gasteiger partial charge in [-0.3, -0.25) is 0 Å². The van der Waals surface area contributed by atoms with Crippen molar-refractivity contribution in [3.63, 3.8) is 0 Å². The van der Waals surface area contributed by atoms with Gasteiger partial charge >= 0.3 is 0 Å². The third-order valence-electron chi connectivity index (χ3n) is 3.46. The van der Waals surface area contributed by atoms with Crippen molar-refractivity contribution in [3.05, 3.63) is 17.6 Å². The Morgan fingerprint density at radius 1 is 1.38 bits per heavy atom. The largest absolute Gasteiger partial charge is 0.353 e. The third-order valence-corrected chi connectivity index (χ3v) is 3.46. The SMILES string of the molecule is CCC(CC)N1CCCc2cnc(C)nc21. The van der Waals surface area contributed by atoms with Crippen molar-refractivity contribution in [3.8, 4) is 0 Å². The van der Waals surface area contributed by atoms with Crippen molar-refractivity contribution in [2.45, 2.75) is 52.5 Å². The van der Waals surface area contributed by atoms with Crippen LogP contribution < -0.4 is 4.90 Å². The zero-order valence-electron chi connectivity index (χ0n) is 10.5. The van der Waals surface area contributed by atoms with Gasteiger partial charge in [-0.15, -0.1) is 0 Å². The summed E-state index contributed by atoms with van der Waals surface area (Å²) in [5.74, 6) is 2.07. The van der Waals surface area contributed by atoms with Gasteiger partial charge in [-0.25, -0.2) is 9.97 Å². The Hall–Kier alpha value is -1.12. The van der Waals surface area contributed by atoms with Gasteiger partial charge in [0.15, 0.2) is 0 Å². The highest BCUT2D eigenvalue weighted by atomic mass is 15.2. The summed E-state index contributed by atoms with van der Waals surface area (Å²) in [5, 5.41) is 0. The first kappa shape index (κ1) is 11.4. The van der Waals surface area contributed by atoms with Gasteiger partial charge in [0.2, 0.25) is 0 Å². The molecule has 1 aliphatic rings. The van der Waals surface area contributed by atoms with E-state index in [0.717, 1.165) is 18.8 Å². The van der Waals surface area contributed by atoms with Crippen LogP contribution in [0.5, 0.6) is 0 Å². The molecule has 0 bridgehead atoms. The minimum atomic E-state index is 0.633. The van der Waals surface area contributed by atoms with Crippen LogP contribution in [0.15, 0.2) is 6.20 Å². The van der Waals surface area contributed by atoms with Crippen LogP contribution in [0.2, 0.25) is 0 Å². The van der Waals surface area contributed by atoms with Gasteiger partial charge < -0.3 is 4.90 Å². The lowest BCUT2D eigenvalue weighted by molar-refractivity contribution is 0.524. The third kappa shape index (κ3) is 2.04. The summed E-state index contributed by atoms with van der Waals surface area (Å²) in [6.45, 7) is 7.64. The van der Waals surface area contributed by atoms with Crippen LogP contribution in [0.1, 0.15) is 44.5 Å². The van der Waals surface area contributed by atoms with Gasteiger partial charge in [-0.2, -0.15) is 0 Å². The molecule has 3 nitrogen and oxygen atoms in total. The second-order valence-corrected chi connectivity index (χ2v) is 4.53. The average Bonchev–Trinajstić information content (AvgIpc) is 2.31. The van der Waals surface area contributed by atoms with Crippen LogP contribution in [0, 0.1) is 6.92 Å². The number of anilines is 1. The molecular weight excluding hydrogens is 198 g/mol. The first-order valence-electron chi connectivity index (χ1n) is 6.35. The zero-order valence-corrected chi connectivity index (χ0v) is 10.5. The maximum Gasteiger partial charge on any atom is 0.135 e. The van der Waals surface area contributed by atoms with Crippen LogP contribution in [0.25, 0.3) is 0 Å². The van der Waals surface area contributed by atoms with E-state index in [4.69, 9.17) is 0 Å². The zero-order chi connectivity index (χ0) is 11.5. The van der Waals surface area contributed by atoms with Crippen LogP contribution in [-0.2, 0) is 6.42 Å². The Morgan fingerprint density at radius 3 is 2.81 bits per heavy atom. The fourth-order valence-electron chi connectivity index (χ4n) is 2.54. The molecular formula is C13H21N3. The molecule has 2 heterocycles. The highest BCUT2D eigenvalue weighted by Crippen LogP contribution is 2.27. The molecule has 0 aromatic carbocycles. The number of nitrogens with zero attached hydrogens (tertiary/aromatic N) is 3. The van der Waals surface area contributed by atoms with Crippen molar-refractivity contribution in [2.24, 2.45) is 0 Å². The molecule has 0 saturated heterocycles. The molecule has 2 rings (SSSR count). The predicted molar refractivity (Wildman–Crippen MR) is 66.8 cm³/mol. The van der Waals surface area contributed by atoms with Crippen LogP contribution in [0.4, 0.5) is 5.82 Å². The number of hydrogen-bond donors (Lipinski definition) is 0. The van der Waals surface area contributed by atoms with E-state index in [2.05, 4.69) is 28.7 Å². The fourth-order valence-corrected chi connectivity index (χ4v) is 2.54. The quantitative estimate of drug-likeness (QED) is 0.782. The van der Waals surface area contributed by atoms with Crippen molar-refractivity contribution in [1.29, 1.82) is 0 Å². The maximum atomic E-state index is 4.63. The molecule has 1 aliphatic heterocycles. The summed E-state index contributed by atoms with van der Waals surface area (Å²) in [6, 6.07) is 0.633. The Bertz CT molecular complexity index is 358. The second kappa shape index (κ2) is 4.81. The Kier molecular flexibility index (Phi) is 3.42. The number of rotatable bonds is 3. The minimum absolute atomic E-state index is 0.633. The Labute approximate surface area is 97.9 Å². The summed E-state index contributed by atoms with van der Waals surface area (Å²) in [6.07, 6.45) is 6.76. The molecule has 0 amide bonds. The van der Waals surface area contributed by atoms with Crippen LogP contribution in [-0.4, -0.2) is 22.6 Å². The number of hydrogen-bond acceptors (Lipinski definition) is 3. The molecule has 0 saturated carbocycles. The molecule has 1 aromatic heterocycles. The maximum absolute atomic E-state index is 4.63. The van der Waals surface area contributed by atoms with Crippen molar-refractivity contribution < 1.29 is 0 Å². The van der Waals surface area contributed by atoms with E-state index in [1.165, 1.54) is 30.6 Å². The highest BCUT2D eigenvalue weighted by Gasteiger charge is 2.23. The number of aromatic nitrogens is 2. The molecule has 0 N–H and O–H groups in total. The average molecular weight is 219 g/mol. The summed E-state index contributed by atoms with van der Waals surface area (Å²) < 4.78 is 0. The monoisotopic (exact) mass is 219 g/mol. The summed E-state index contributed by atoms with van der Waals surface area (Å²) in [7, 11) is 0. The standard InChI is InChI=1S/C13H21N3/c1-4-12(5-2)16-8-6-7-11-9-14-10(3)15-13(11)16/h9,12H,4-8H2,1-3H3. The molecule has 3 heteroatoms. The molecule has 88 valence electrons. The Balaban J connectivity index is 2.34. The predicted octanol–water partition coefficient (Wildman–Crippen LogP) is 2.73. The van der Waals surface area contributed by atoms with E-state index in [9.17, 15) is 0 Å². The number of aryl methyl sites for hydroxylation is 2. The summed E-state index contributed by atoms with van der Waals surface area (Å²) in [5.41, 5.74) is 1.32. The molecule has 0 radical (unpaired) electrons. The molecule has 0 unspecified atom stereocenters. The van der Waals surface area contributed by atoms with E-state index >= 15 is 0 Å². The fraction of sp³-hybridized carbons (Fsp3) is 0.692. The van der Waals surface area contributed by atoms with Crippen LogP contribution >= 0.6 is 0 Å². The summed E-state index contributed by atoms with van der Waals surface area (Å²) >= 11 is 0. The molecule has 0 spiro atoms. The molecule has 16 heavy (non-hydrogen) atoms. The second-order valence-electron chi connectivity index (χ2n) is 4.53. The van der Waals surface area contributed by atoms with E-state index in [1.54, 1.807) is 0 Å². The first-order valence-corrected chi connectivity index (χ1v) is 6.35. The Morgan fingerprint density at radius 2 is 2.12 bits per heavy atom. The number of fused-ring (bicyclic) bond motifs is 1. The van der Waals surface area contributed by atoms with E-state index in [1.807, 2.05) is 13.1 Å². The van der Waals surface area contributed by atoms with Crippen molar-refractivity contribution in [1.82, 2.24) is 9.97 Å². The molecule has 0 aliphatic carbocycles. The van der Waals surface area contributed by atoms with Gasteiger partial charge in [0.25, 0.3) is 0 Å². The highest BCUT2D eigenvalue weighted by molar-refractivity contribution is 5.49.